The highest BCUT2D eigenvalue weighted by Crippen LogP contribution is 2.34. The molecular weight excluding hydrogens is 411 g/mol. The maximum Gasteiger partial charge on any atom is 0.208 e. The fraction of sp³-hybridized carbons (Fsp3) is 0.235. The summed E-state index contributed by atoms with van der Waals surface area (Å²) < 4.78 is 12.2. The van der Waals surface area contributed by atoms with E-state index in [0.29, 0.717) is 28.8 Å². The number of alkyl halides is 1. The van der Waals surface area contributed by atoms with Crippen LogP contribution in [0.4, 0.5) is 0 Å². The zero-order chi connectivity index (χ0) is 15.4. The van der Waals surface area contributed by atoms with Gasteiger partial charge in [0.1, 0.15) is 0 Å². The van der Waals surface area contributed by atoms with E-state index >= 15 is 0 Å². The molecule has 1 fully saturated rings. The van der Waals surface area contributed by atoms with Crippen molar-refractivity contribution in [2.75, 3.05) is 17.6 Å². The number of benzene rings is 1. The number of hydrogen-bond acceptors (Lipinski definition) is 4. The highest BCUT2D eigenvalue weighted by molar-refractivity contribution is 14.1. The van der Waals surface area contributed by atoms with E-state index in [-0.39, 0.29) is 5.78 Å². The minimum absolute atomic E-state index is 0.0485. The van der Waals surface area contributed by atoms with Crippen LogP contribution in [0.1, 0.15) is 15.2 Å². The van der Waals surface area contributed by atoms with E-state index in [1.54, 1.807) is 11.3 Å². The first-order chi connectivity index (χ1) is 10.7. The second-order valence-corrected chi connectivity index (χ2v) is 6.59. The number of rotatable bonds is 5. The van der Waals surface area contributed by atoms with Gasteiger partial charge in [-0.1, -0.05) is 59.0 Å². The minimum atomic E-state index is -0.947. The zero-order valence-electron chi connectivity index (χ0n) is 11.8. The molecule has 22 heavy (non-hydrogen) atoms. The zero-order valence-corrected chi connectivity index (χ0v) is 14.8. The Morgan fingerprint density at radius 2 is 1.91 bits per heavy atom. The van der Waals surface area contributed by atoms with Crippen LogP contribution >= 0.6 is 33.9 Å². The van der Waals surface area contributed by atoms with Crippen molar-refractivity contribution in [2.24, 2.45) is 0 Å². The normalized spacial score (nSPS) is 17.6. The van der Waals surface area contributed by atoms with Gasteiger partial charge >= 0.3 is 0 Å². The summed E-state index contributed by atoms with van der Waals surface area (Å²) in [5, 5.41) is 1.99. The molecule has 0 saturated carbocycles. The molecule has 1 aromatic carbocycles. The van der Waals surface area contributed by atoms with Crippen LogP contribution in [-0.4, -0.2) is 29.2 Å². The number of thiophene rings is 1. The topological polar surface area (TPSA) is 35.5 Å². The Labute approximate surface area is 147 Å². The number of halogens is 1. The Bertz CT molecular complexity index is 658. The first-order valence-electron chi connectivity index (χ1n) is 6.94. The van der Waals surface area contributed by atoms with Gasteiger partial charge in [0.15, 0.2) is 5.78 Å². The van der Waals surface area contributed by atoms with Gasteiger partial charge in [-0.05, 0) is 17.5 Å². The van der Waals surface area contributed by atoms with Gasteiger partial charge in [-0.15, -0.1) is 11.3 Å². The van der Waals surface area contributed by atoms with Gasteiger partial charge in [0.2, 0.25) is 5.79 Å². The standard InChI is InChI=1S/C17H15IO3S/c18-12-17(20-8-9-21-17)15(11-14-7-4-10-22-14)16(19)13-5-2-1-3-6-13/h1-7,10-11H,8-9,12H2/b15-11+. The lowest BCUT2D eigenvalue weighted by atomic mass is 9.96. The van der Waals surface area contributed by atoms with Crippen LogP contribution in [0.25, 0.3) is 6.08 Å². The predicted molar refractivity (Wildman–Crippen MR) is 96.6 cm³/mol. The van der Waals surface area contributed by atoms with Crippen molar-refractivity contribution in [1.82, 2.24) is 0 Å². The molecule has 114 valence electrons. The van der Waals surface area contributed by atoms with Gasteiger partial charge in [-0.25, -0.2) is 0 Å². The molecule has 1 aromatic heterocycles. The Morgan fingerprint density at radius 1 is 1.18 bits per heavy atom. The Balaban J connectivity index is 2.05. The van der Waals surface area contributed by atoms with E-state index < -0.39 is 5.79 Å². The number of ketones is 1. The number of carbonyl (C=O) groups excluding carboxylic acids is 1. The van der Waals surface area contributed by atoms with Crippen molar-refractivity contribution in [1.29, 1.82) is 0 Å². The molecule has 0 aliphatic carbocycles. The van der Waals surface area contributed by atoms with Crippen LogP contribution in [0.3, 0.4) is 0 Å². The lowest BCUT2D eigenvalue weighted by Gasteiger charge is -2.27. The number of hydrogen-bond donors (Lipinski definition) is 0. The molecule has 5 heteroatoms. The Kier molecular flexibility index (Phi) is 5.07. The summed E-state index contributed by atoms with van der Waals surface area (Å²) in [4.78, 5) is 14.0. The average molecular weight is 426 g/mol. The molecule has 0 unspecified atom stereocenters. The van der Waals surface area contributed by atoms with Crippen LogP contribution in [0.2, 0.25) is 0 Å². The first-order valence-corrected chi connectivity index (χ1v) is 9.35. The summed E-state index contributed by atoms with van der Waals surface area (Å²) in [6, 6.07) is 13.2. The van der Waals surface area contributed by atoms with Crippen LogP contribution in [-0.2, 0) is 9.47 Å². The van der Waals surface area contributed by atoms with Gasteiger partial charge in [0, 0.05) is 10.4 Å². The maximum absolute atomic E-state index is 13.0. The van der Waals surface area contributed by atoms with Crippen LogP contribution in [0, 0.1) is 0 Å². The van der Waals surface area contributed by atoms with E-state index in [1.165, 1.54) is 0 Å². The molecule has 1 aliphatic heterocycles. The molecule has 0 N–H and O–H groups in total. The maximum atomic E-state index is 13.0. The quantitative estimate of drug-likeness (QED) is 0.311. The van der Waals surface area contributed by atoms with E-state index in [0.717, 1.165) is 4.88 Å². The average Bonchev–Trinajstić information content (AvgIpc) is 3.25. The Morgan fingerprint density at radius 3 is 2.50 bits per heavy atom. The summed E-state index contributed by atoms with van der Waals surface area (Å²) in [6.45, 7) is 1.01. The third-order valence-electron chi connectivity index (χ3n) is 3.45. The number of Topliss-reactive ketones (excluding diaryl/α,β-unsaturated/α-hetero) is 1. The number of ether oxygens (including phenoxy) is 2. The van der Waals surface area contributed by atoms with E-state index in [4.69, 9.17) is 9.47 Å². The molecule has 0 bridgehead atoms. The minimum Gasteiger partial charge on any atom is -0.343 e. The summed E-state index contributed by atoms with van der Waals surface area (Å²) in [5.74, 6) is -0.995. The fourth-order valence-electron chi connectivity index (χ4n) is 2.37. The first kappa shape index (κ1) is 15.9. The summed E-state index contributed by atoms with van der Waals surface area (Å²) in [5.41, 5.74) is 1.21. The summed E-state index contributed by atoms with van der Waals surface area (Å²) in [6.07, 6.45) is 1.89. The molecule has 2 aromatic rings. The van der Waals surface area contributed by atoms with Crippen LogP contribution < -0.4 is 0 Å². The molecular formula is C17H15IO3S. The fourth-order valence-corrected chi connectivity index (χ4v) is 3.88. The summed E-state index contributed by atoms with van der Waals surface area (Å²) in [7, 11) is 0. The van der Waals surface area contributed by atoms with Crippen molar-refractivity contribution in [3.05, 3.63) is 63.9 Å². The van der Waals surface area contributed by atoms with Crippen molar-refractivity contribution in [3.8, 4) is 0 Å². The van der Waals surface area contributed by atoms with Crippen LogP contribution in [0.15, 0.2) is 53.4 Å². The van der Waals surface area contributed by atoms with Crippen molar-refractivity contribution >= 4 is 45.8 Å². The Hall–Kier alpha value is -1.02. The molecule has 2 heterocycles. The van der Waals surface area contributed by atoms with Gasteiger partial charge in [-0.2, -0.15) is 0 Å². The predicted octanol–water partition coefficient (Wildman–Crippen LogP) is 4.19. The molecule has 0 radical (unpaired) electrons. The largest absolute Gasteiger partial charge is 0.343 e. The molecule has 0 amide bonds. The highest BCUT2D eigenvalue weighted by atomic mass is 127. The van der Waals surface area contributed by atoms with Gasteiger partial charge in [0.25, 0.3) is 0 Å². The second-order valence-electron chi connectivity index (χ2n) is 4.85. The second kappa shape index (κ2) is 7.04. The van der Waals surface area contributed by atoms with Crippen LogP contribution in [0.5, 0.6) is 0 Å². The molecule has 0 spiro atoms. The molecule has 3 rings (SSSR count). The van der Waals surface area contributed by atoms with E-state index in [9.17, 15) is 4.79 Å². The van der Waals surface area contributed by atoms with Gasteiger partial charge < -0.3 is 9.47 Å². The molecule has 1 aliphatic rings. The van der Waals surface area contributed by atoms with Gasteiger partial charge in [0.05, 0.1) is 23.2 Å². The number of carbonyl (C=O) groups is 1. The molecule has 0 atom stereocenters. The summed E-state index contributed by atoms with van der Waals surface area (Å²) >= 11 is 3.80. The highest BCUT2D eigenvalue weighted by Gasteiger charge is 2.43. The van der Waals surface area contributed by atoms with E-state index in [1.807, 2.05) is 53.9 Å². The molecule has 1 saturated heterocycles. The molecule has 3 nitrogen and oxygen atoms in total. The third-order valence-corrected chi connectivity index (χ3v) is 5.27. The van der Waals surface area contributed by atoms with Crippen molar-refractivity contribution in [3.63, 3.8) is 0 Å². The van der Waals surface area contributed by atoms with Gasteiger partial charge in [-0.3, -0.25) is 4.79 Å². The lowest BCUT2D eigenvalue weighted by Crippen LogP contribution is -2.38. The SMILES string of the molecule is O=C(/C(=C\c1cccs1)C1(CI)OCCO1)c1ccccc1. The smallest absolute Gasteiger partial charge is 0.208 e. The van der Waals surface area contributed by atoms with Crippen molar-refractivity contribution in [2.45, 2.75) is 5.79 Å². The monoisotopic (exact) mass is 426 g/mol. The third kappa shape index (κ3) is 3.17. The lowest BCUT2D eigenvalue weighted by molar-refractivity contribution is -0.0997. The van der Waals surface area contributed by atoms with Crippen molar-refractivity contribution < 1.29 is 14.3 Å². The van der Waals surface area contributed by atoms with E-state index in [2.05, 4.69) is 22.6 Å².